The molecule has 86 valence electrons. The van der Waals surface area contributed by atoms with Gasteiger partial charge in [0.05, 0.1) is 5.03 Å². The van der Waals surface area contributed by atoms with Crippen molar-refractivity contribution >= 4 is 17.5 Å². The van der Waals surface area contributed by atoms with Gasteiger partial charge in [0.2, 0.25) is 0 Å². The monoisotopic (exact) mass is 236 g/mol. The Labute approximate surface area is 100 Å². The Morgan fingerprint density at radius 1 is 1.56 bits per heavy atom. The van der Waals surface area contributed by atoms with Gasteiger partial charge >= 0.3 is 0 Å². The lowest BCUT2D eigenvalue weighted by Crippen LogP contribution is -2.28. The summed E-state index contributed by atoms with van der Waals surface area (Å²) in [7, 11) is 2.08. The molecule has 1 aromatic heterocycles. The summed E-state index contributed by atoms with van der Waals surface area (Å²) in [6.45, 7) is 3.50. The Morgan fingerprint density at radius 3 is 2.94 bits per heavy atom. The lowest BCUT2D eigenvalue weighted by Gasteiger charge is -2.26. The Bertz CT molecular complexity index is 431. The lowest BCUT2D eigenvalue weighted by molar-refractivity contribution is 0.101. The summed E-state index contributed by atoms with van der Waals surface area (Å²) < 4.78 is 0. The van der Waals surface area contributed by atoms with Gasteiger partial charge in [-0.15, -0.1) is 11.8 Å². The van der Waals surface area contributed by atoms with E-state index in [0.29, 0.717) is 5.69 Å². The van der Waals surface area contributed by atoms with E-state index in [1.807, 2.05) is 6.26 Å². The number of ketones is 1. The first kappa shape index (κ1) is 11.6. The molecule has 0 saturated heterocycles. The molecule has 0 saturated carbocycles. The molecule has 0 unspecified atom stereocenters. The zero-order valence-corrected chi connectivity index (χ0v) is 10.7. The van der Waals surface area contributed by atoms with Gasteiger partial charge in [-0.25, -0.2) is 4.98 Å². The number of nitrogens with zero attached hydrogens (tertiary/aromatic N) is 2. The number of Topliss-reactive ketones (excluding diaryl/α,β-unsaturated/α-hetero) is 1. The van der Waals surface area contributed by atoms with Crippen LogP contribution in [0.1, 0.15) is 28.5 Å². The van der Waals surface area contributed by atoms with E-state index in [1.54, 1.807) is 18.7 Å². The SMILES string of the molecule is CSc1cc2c(c(C(C)=O)n1)CN(C)CC2. The summed E-state index contributed by atoms with van der Waals surface area (Å²) in [5, 5.41) is 0.952. The molecule has 16 heavy (non-hydrogen) atoms. The van der Waals surface area contributed by atoms with Gasteiger partial charge in [0.25, 0.3) is 0 Å². The van der Waals surface area contributed by atoms with Crippen LogP contribution in [0.15, 0.2) is 11.1 Å². The molecule has 0 aromatic carbocycles. The third-order valence-corrected chi connectivity index (χ3v) is 3.55. The number of aromatic nitrogens is 1. The van der Waals surface area contributed by atoms with Gasteiger partial charge in [0, 0.05) is 20.0 Å². The van der Waals surface area contributed by atoms with Gasteiger partial charge in [-0.1, -0.05) is 0 Å². The van der Waals surface area contributed by atoms with E-state index in [0.717, 1.165) is 30.1 Å². The van der Waals surface area contributed by atoms with E-state index in [9.17, 15) is 4.79 Å². The third kappa shape index (κ3) is 2.13. The number of pyridine rings is 1. The molecular formula is C12H16N2OS. The first-order valence-corrected chi connectivity index (χ1v) is 6.60. The van der Waals surface area contributed by atoms with Crippen LogP contribution in [0.4, 0.5) is 0 Å². The van der Waals surface area contributed by atoms with Crippen LogP contribution in [0.3, 0.4) is 0 Å². The van der Waals surface area contributed by atoms with Gasteiger partial charge in [0.15, 0.2) is 5.78 Å². The van der Waals surface area contributed by atoms with Crippen LogP contribution in [0, 0.1) is 0 Å². The molecular weight excluding hydrogens is 220 g/mol. The molecule has 2 rings (SSSR count). The summed E-state index contributed by atoms with van der Waals surface area (Å²) in [5.41, 5.74) is 3.08. The van der Waals surface area contributed by atoms with E-state index in [2.05, 4.69) is 23.0 Å². The molecule has 1 aliphatic rings. The molecule has 0 N–H and O–H groups in total. The predicted octanol–water partition coefficient (Wildman–Crippen LogP) is 1.99. The van der Waals surface area contributed by atoms with Gasteiger partial charge in [0.1, 0.15) is 5.69 Å². The third-order valence-electron chi connectivity index (χ3n) is 2.93. The fourth-order valence-corrected chi connectivity index (χ4v) is 2.50. The largest absolute Gasteiger partial charge is 0.302 e. The molecule has 0 spiro atoms. The van der Waals surface area contributed by atoms with Gasteiger partial charge in [-0.05, 0) is 36.9 Å². The normalized spacial score (nSPS) is 15.9. The molecule has 0 amide bonds. The number of thioether (sulfide) groups is 1. The number of likely N-dealkylation sites (N-methyl/N-ethyl adjacent to an activating group) is 1. The number of rotatable bonds is 2. The van der Waals surface area contributed by atoms with Crippen LogP contribution >= 0.6 is 11.8 Å². The van der Waals surface area contributed by atoms with Crippen molar-refractivity contribution < 1.29 is 4.79 Å². The average molecular weight is 236 g/mol. The zero-order valence-electron chi connectivity index (χ0n) is 9.91. The van der Waals surface area contributed by atoms with Crippen molar-refractivity contribution in [3.63, 3.8) is 0 Å². The van der Waals surface area contributed by atoms with Crippen molar-refractivity contribution in [3.8, 4) is 0 Å². The summed E-state index contributed by atoms with van der Waals surface area (Å²) in [5.74, 6) is 0.0717. The highest BCUT2D eigenvalue weighted by Crippen LogP contribution is 2.25. The first-order valence-electron chi connectivity index (χ1n) is 5.38. The van der Waals surface area contributed by atoms with Crippen LogP contribution in [0.25, 0.3) is 0 Å². The van der Waals surface area contributed by atoms with Crippen LogP contribution in [0.2, 0.25) is 0 Å². The number of hydrogen-bond donors (Lipinski definition) is 0. The molecule has 0 radical (unpaired) electrons. The maximum Gasteiger partial charge on any atom is 0.178 e. The highest BCUT2D eigenvalue weighted by molar-refractivity contribution is 7.98. The quantitative estimate of drug-likeness (QED) is 0.581. The number of carbonyl (C=O) groups is 1. The number of hydrogen-bond acceptors (Lipinski definition) is 4. The zero-order chi connectivity index (χ0) is 11.7. The fraction of sp³-hybridized carbons (Fsp3) is 0.500. The second-order valence-electron chi connectivity index (χ2n) is 4.19. The second-order valence-corrected chi connectivity index (χ2v) is 5.02. The Kier molecular flexibility index (Phi) is 3.30. The molecule has 0 fully saturated rings. The molecule has 3 nitrogen and oxygen atoms in total. The van der Waals surface area contributed by atoms with Gasteiger partial charge in [-0.2, -0.15) is 0 Å². The molecule has 0 aliphatic carbocycles. The lowest BCUT2D eigenvalue weighted by atomic mass is 9.98. The van der Waals surface area contributed by atoms with Crippen LogP contribution in [0.5, 0.6) is 0 Å². The Hall–Kier alpha value is -0.870. The minimum atomic E-state index is 0.0717. The minimum Gasteiger partial charge on any atom is -0.302 e. The minimum absolute atomic E-state index is 0.0717. The first-order chi connectivity index (χ1) is 7.61. The highest BCUT2D eigenvalue weighted by atomic mass is 32.2. The van der Waals surface area contributed by atoms with Crippen LogP contribution < -0.4 is 0 Å². The summed E-state index contributed by atoms with van der Waals surface area (Å²) in [6.07, 6.45) is 3.01. The Balaban J connectivity index is 2.53. The van der Waals surface area contributed by atoms with Crippen LogP contribution in [-0.2, 0) is 13.0 Å². The van der Waals surface area contributed by atoms with Crippen molar-refractivity contribution in [3.05, 3.63) is 22.9 Å². The maximum absolute atomic E-state index is 11.6. The standard InChI is InChI=1S/C12H16N2OS/c1-8(15)12-10-7-14(2)5-4-9(10)6-11(13-12)16-3/h6H,4-5,7H2,1-3H3. The second kappa shape index (κ2) is 4.55. The van der Waals surface area contributed by atoms with E-state index in [4.69, 9.17) is 0 Å². The molecule has 0 bridgehead atoms. The van der Waals surface area contributed by atoms with Crippen molar-refractivity contribution in [2.45, 2.75) is 24.9 Å². The van der Waals surface area contributed by atoms with Crippen LogP contribution in [-0.4, -0.2) is 35.5 Å². The fourth-order valence-electron chi connectivity index (χ4n) is 2.05. The highest BCUT2D eigenvalue weighted by Gasteiger charge is 2.20. The summed E-state index contributed by atoms with van der Waals surface area (Å²) in [4.78, 5) is 18.3. The van der Waals surface area contributed by atoms with Crippen molar-refractivity contribution in [1.82, 2.24) is 9.88 Å². The molecule has 1 aliphatic heterocycles. The summed E-state index contributed by atoms with van der Waals surface area (Å²) >= 11 is 1.60. The van der Waals surface area contributed by atoms with E-state index in [-0.39, 0.29) is 5.78 Å². The molecule has 4 heteroatoms. The average Bonchev–Trinajstić information content (AvgIpc) is 2.27. The molecule has 1 aromatic rings. The van der Waals surface area contributed by atoms with E-state index in [1.165, 1.54) is 5.56 Å². The van der Waals surface area contributed by atoms with Gasteiger partial charge in [-0.3, -0.25) is 4.79 Å². The van der Waals surface area contributed by atoms with Crippen molar-refractivity contribution in [2.24, 2.45) is 0 Å². The topological polar surface area (TPSA) is 33.2 Å². The van der Waals surface area contributed by atoms with Crippen molar-refractivity contribution in [1.29, 1.82) is 0 Å². The Morgan fingerprint density at radius 2 is 2.31 bits per heavy atom. The van der Waals surface area contributed by atoms with Crippen molar-refractivity contribution in [2.75, 3.05) is 19.8 Å². The number of carbonyl (C=O) groups excluding carboxylic acids is 1. The van der Waals surface area contributed by atoms with Gasteiger partial charge < -0.3 is 4.90 Å². The maximum atomic E-state index is 11.6. The predicted molar refractivity (Wildman–Crippen MR) is 66.1 cm³/mol. The van der Waals surface area contributed by atoms with E-state index < -0.39 is 0 Å². The summed E-state index contributed by atoms with van der Waals surface area (Å²) in [6, 6.07) is 2.12. The molecule has 0 atom stereocenters. The number of fused-ring (bicyclic) bond motifs is 1. The van der Waals surface area contributed by atoms with E-state index >= 15 is 0 Å². The smallest absolute Gasteiger partial charge is 0.178 e. The molecule has 2 heterocycles.